The summed E-state index contributed by atoms with van der Waals surface area (Å²) in [6.45, 7) is 2.80. The molecule has 1 aromatic rings. The summed E-state index contributed by atoms with van der Waals surface area (Å²) < 4.78 is 11.2. The summed E-state index contributed by atoms with van der Waals surface area (Å²) in [5.74, 6) is 1.07. The Kier molecular flexibility index (Phi) is 5.03. The van der Waals surface area contributed by atoms with Gasteiger partial charge in [0.15, 0.2) is 11.5 Å². The van der Waals surface area contributed by atoms with Crippen molar-refractivity contribution < 1.29 is 19.1 Å². The van der Waals surface area contributed by atoms with Crippen molar-refractivity contribution in [1.29, 1.82) is 0 Å². The summed E-state index contributed by atoms with van der Waals surface area (Å²) in [6, 6.07) is 7.30. The minimum absolute atomic E-state index is 0.0652. The Hall–Kier alpha value is -2.24. The fourth-order valence-corrected chi connectivity index (χ4v) is 2.08. The number of para-hydroxylation sites is 2. The molecule has 1 atom stereocenters. The number of ether oxygens (including phenoxy) is 2. The van der Waals surface area contributed by atoms with Crippen molar-refractivity contribution >= 4 is 11.8 Å². The minimum atomic E-state index is -0.620. The Morgan fingerprint density at radius 3 is 2.76 bits per heavy atom. The molecule has 0 radical (unpaired) electrons. The molecule has 0 fully saturated rings. The molecule has 0 aromatic heterocycles. The summed E-state index contributed by atoms with van der Waals surface area (Å²) in [5, 5.41) is 2.70. The van der Waals surface area contributed by atoms with Gasteiger partial charge in [-0.2, -0.15) is 0 Å². The van der Waals surface area contributed by atoms with Crippen LogP contribution in [0.2, 0.25) is 0 Å². The van der Waals surface area contributed by atoms with Gasteiger partial charge in [-0.05, 0) is 18.6 Å². The highest BCUT2D eigenvalue weighted by molar-refractivity contribution is 5.81. The van der Waals surface area contributed by atoms with Gasteiger partial charge in [0.05, 0.1) is 0 Å². The van der Waals surface area contributed by atoms with Gasteiger partial charge in [0.1, 0.15) is 6.61 Å². The molecule has 1 N–H and O–H groups in total. The van der Waals surface area contributed by atoms with Crippen LogP contribution in [-0.4, -0.2) is 49.6 Å². The Morgan fingerprint density at radius 1 is 1.33 bits per heavy atom. The summed E-state index contributed by atoms with van der Waals surface area (Å²) in [7, 11) is 1.72. The lowest BCUT2D eigenvalue weighted by atomic mass is 10.2. The Labute approximate surface area is 124 Å². The van der Waals surface area contributed by atoms with Crippen LogP contribution in [0.15, 0.2) is 24.3 Å². The van der Waals surface area contributed by atoms with Crippen molar-refractivity contribution in [3.63, 3.8) is 0 Å². The average molecular weight is 292 g/mol. The quantitative estimate of drug-likeness (QED) is 0.816. The molecule has 0 saturated heterocycles. The van der Waals surface area contributed by atoms with E-state index in [4.69, 9.17) is 9.47 Å². The fraction of sp³-hybridized carbons (Fsp3) is 0.467. The fourth-order valence-electron chi connectivity index (χ4n) is 2.08. The smallest absolute Gasteiger partial charge is 0.267 e. The third kappa shape index (κ3) is 4.11. The van der Waals surface area contributed by atoms with E-state index in [1.54, 1.807) is 18.0 Å². The number of likely N-dealkylation sites (N-methyl/N-ethyl adjacent to an activating group) is 1. The number of amides is 2. The maximum absolute atomic E-state index is 12.3. The van der Waals surface area contributed by atoms with Gasteiger partial charge >= 0.3 is 0 Å². The Morgan fingerprint density at radius 2 is 2.05 bits per heavy atom. The minimum Gasteiger partial charge on any atom is -0.485 e. The number of carbonyl (C=O) groups is 2. The van der Waals surface area contributed by atoms with Gasteiger partial charge in [0.25, 0.3) is 5.91 Å². The second kappa shape index (κ2) is 6.97. The molecule has 6 heteroatoms. The van der Waals surface area contributed by atoms with Crippen molar-refractivity contribution in [1.82, 2.24) is 10.2 Å². The van der Waals surface area contributed by atoms with Gasteiger partial charge < -0.3 is 19.7 Å². The normalized spacial score (nSPS) is 16.2. The van der Waals surface area contributed by atoms with E-state index in [1.165, 1.54) is 6.92 Å². The van der Waals surface area contributed by atoms with E-state index in [0.717, 1.165) is 0 Å². The molecular weight excluding hydrogens is 272 g/mol. The molecule has 1 unspecified atom stereocenters. The van der Waals surface area contributed by atoms with Gasteiger partial charge in [-0.25, -0.2) is 0 Å². The van der Waals surface area contributed by atoms with Crippen LogP contribution in [0.5, 0.6) is 11.5 Å². The highest BCUT2D eigenvalue weighted by Gasteiger charge is 2.29. The van der Waals surface area contributed by atoms with Crippen molar-refractivity contribution in [2.24, 2.45) is 0 Å². The Balaban J connectivity index is 1.82. The topological polar surface area (TPSA) is 67.9 Å². The van der Waals surface area contributed by atoms with E-state index in [1.807, 2.05) is 18.2 Å². The molecule has 21 heavy (non-hydrogen) atoms. The maximum Gasteiger partial charge on any atom is 0.267 e. The van der Waals surface area contributed by atoms with Crippen LogP contribution in [0.3, 0.4) is 0 Å². The second-order valence-electron chi connectivity index (χ2n) is 4.96. The zero-order chi connectivity index (χ0) is 15.2. The van der Waals surface area contributed by atoms with Gasteiger partial charge in [0.2, 0.25) is 12.0 Å². The number of rotatable bonds is 5. The predicted molar refractivity (Wildman–Crippen MR) is 77.3 cm³/mol. The number of carbonyl (C=O) groups excluding carboxylic acids is 2. The van der Waals surface area contributed by atoms with Crippen LogP contribution < -0.4 is 14.8 Å². The molecule has 0 bridgehead atoms. The first-order chi connectivity index (χ1) is 10.1. The zero-order valence-electron chi connectivity index (χ0n) is 12.3. The van der Waals surface area contributed by atoms with E-state index in [9.17, 15) is 9.59 Å². The number of fused-ring (bicyclic) bond motifs is 1. The largest absolute Gasteiger partial charge is 0.485 e. The Bertz CT molecular complexity index is 518. The predicted octanol–water partition coefficient (Wildman–Crippen LogP) is 0.811. The molecule has 2 rings (SSSR count). The van der Waals surface area contributed by atoms with Crippen molar-refractivity contribution in [3.8, 4) is 11.5 Å². The van der Waals surface area contributed by atoms with E-state index in [0.29, 0.717) is 31.0 Å². The van der Waals surface area contributed by atoms with Crippen LogP contribution in [0.1, 0.15) is 13.3 Å². The number of nitrogens with zero attached hydrogens (tertiary/aromatic N) is 1. The molecule has 1 heterocycles. The van der Waals surface area contributed by atoms with Gasteiger partial charge in [-0.1, -0.05) is 12.1 Å². The molecule has 2 amide bonds. The summed E-state index contributed by atoms with van der Waals surface area (Å²) in [5.41, 5.74) is 0. The third-order valence-corrected chi connectivity index (χ3v) is 3.20. The summed E-state index contributed by atoms with van der Waals surface area (Å²) in [4.78, 5) is 24.6. The van der Waals surface area contributed by atoms with Crippen molar-refractivity contribution in [2.75, 3.05) is 26.7 Å². The molecule has 6 nitrogen and oxygen atoms in total. The van der Waals surface area contributed by atoms with E-state index < -0.39 is 6.10 Å². The zero-order valence-corrected chi connectivity index (χ0v) is 12.3. The maximum atomic E-state index is 12.3. The lowest BCUT2D eigenvalue weighted by Gasteiger charge is -2.28. The molecule has 114 valence electrons. The second-order valence-corrected chi connectivity index (χ2v) is 4.96. The number of hydrogen-bond donors (Lipinski definition) is 1. The summed E-state index contributed by atoms with van der Waals surface area (Å²) >= 11 is 0. The molecule has 1 aliphatic rings. The molecule has 1 aliphatic heterocycles. The first-order valence-electron chi connectivity index (χ1n) is 6.96. The van der Waals surface area contributed by atoms with E-state index in [-0.39, 0.29) is 18.4 Å². The monoisotopic (exact) mass is 292 g/mol. The van der Waals surface area contributed by atoms with Crippen LogP contribution in [0.4, 0.5) is 0 Å². The van der Waals surface area contributed by atoms with Gasteiger partial charge in [0, 0.05) is 27.1 Å². The molecular formula is C15H20N2O4. The van der Waals surface area contributed by atoms with E-state index >= 15 is 0 Å². The standard InChI is InChI=1S/C15H20N2O4/c1-11(18)16-8-5-9-17(2)15(19)14-10-20-12-6-3-4-7-13(12)21-14/h3-4,6-7,14H,5,8-10H2,1-2H3,(H,16,18). The number of nitrogens with one attached hydrogen (secondary N) is 1. The molecule has 0 spiro atoms. The SMILES string of the molecule is CC(=O)NCCCN(C)C(=O)C1COc2ccccc2O1. The van der Waals surface area contributed by atoms with Crippen molar-refractivity contribution in [3.05, 3.63) is 24.3 Å². The number of hydrogen-bond acceptors (Lipinski definition) is 4. The molecule has 0 aliphatic carbocycles. The highest BCUT2D eigenvalue weighted by atomic mass is 16.6. The molecule has 0 saturated carbocycles. The first-order valence-corrected chi connectivity index (χ1v) is 6.96. The van der Waals surface area contributed by atoms with Crippen LogP contribution in [0.25, 0.3) is 0 Å². The lowest BCUT2D eigenvalue weighted by molar-refractivity contribution is -0.139. The first kappa shape index (κ1) is 15.2. The summed E-state index contributed by atoms with van der Waals surface area (Å²) in [6.07, 6.45) is 0.0806. The van der Waals surface area contributed by atoms with E-state index in [2.05, 4.69) is 5.32 Å². The van der Waals surface area contributed by atoms with Gasteiger partial charge in [-0.15, -0.1) is 0 Å². The average Bonchev–Trinajstić information content (AvgIpc) is 2.50. The lowest BCUT2D eigenvalue weighted by Crippen LogP contribution is -2.45. The highest BCUT2D eigenvalue weighted by Crippen LogP contribution is 2.31. The van der Waals surface area contributed by atoms with Crippen LogP contribution in [0, 0.1) is 0 Å². The van der Waals surface area contributed by atoms with Gasteiger partial charge in [-0.3, -0.25) is 9.59 Å². The van der Waals surface area contributed by atoms with Crippen molar-refractivity contribution in [2.45, 2.75) is 19.4 Å². The van der Waals surface area contributed by atoms with Crippen LogP contribution in [-0.2, 0) is 9.59 Å². The molecule has 1 aromatic carbocycles. The number of benzene rings is 1. The van der Waals surface area contributed by atoms with Crippen LogP contribution >= 0.6 is 0 Å². The third-order valence-electron chi connectivity index (χ3n) is 3.20.